The molecular formula is C21H19FN4O5. The summed E-state index contributed by atoms with van der Waals surface area (Å²) < 4.78 is 24.6. The van der Waals surface area contributed by atoms with Crippen LogP contribution < -0.4 is 10.3 Å². The summed E-state index contributed by atoms with van der Waals surface area (Å²) in [4.78, 5) is 41.1. The predicted octanol–water partition coefficient (Wildman–Crippen LogP) is 1.57. The summed E-state index contributed by atoms with van der Waals surface area (Å²) in [6, 6.07) is 9.58. The van der Waals surface area contributed by atoms with Crippen LogP contribution in [0.4, 0.5) is 4.39 Å². The van der Waals surface area contributed by atoms with E-state index in [1.807, 2.05) is 0 Å². The number of rotatable bonds is 4. The molecule has 2 aromatic heterocycles. The summed E-state index contributed by atoms with van der Waals surface area (Å²) in [6.45, 7) is 1.22. The van der Waals surface area contributed by atoms with E-state index in [0.717, 1.165) is 4.68 Å². The molecule has 0 atom stereocenters. The zero-order valence-electron chi connectivity index (χ0n) is 16.7. The normalized spacial score (nSPS) is 13.9. The summed E-state index contributed by atoms with van der Waals surface area (Å²) >= 11 is 0. The molecule has 0 saturated carbocycles. The lowest BCUT2D eigenvalue weighted by Crippen LogP contribution is -2.51. The summed E-state index contributed by atoms with van der Waals surface area (Å²) in [6.07, 6.45) is 1.43. The average molecular weight is 426 g/mol. The van der Waals surface area contributed by atoms with E-state index in [1.54, 1.807) is 17.0 Å². The van der Waals surface area contributed by atoms with E-state index in [0.29, 0.717) is 18.8 Å². The third-order valence-electron chi connectivity index (χ3n) is 4.98. The van der Waals surface area contributed by atoms with Crippen molar-refractivity contribution < 1.29 is 23.1 Å². The van der Waals surface area contributed by atoms with Crippen molar-refractivity contribution in [3.05, 3.63) is 76.4 Å². The second-order valence-corrected chi connectivity index (χ2v) is 6.85. The van der Waals surface area contributed by atoms with E-state index in [4.69, 9.17) is 9.15 Å². The zero-order chi connectivity index (χ0) is 22.0. The molecular weight excluding hydrogens is 407 g/mol. The molecule has 10 heteroatoms. The summed E-state index contributed by atoms with van der Waals surface area (Å²) in [5, 5.41) is 4.18. The molecule has 9 nitrogen and oxygen atoms in total. The van der Waals surface area contributed by atoms with E-state index in [1.165, 1.54) is 48.6 Å². The van der Waals surface area contributed by atoms with Crippen molar-refractivity contribution in [2.45, 2.75) is 0 Å². The van der Waals surface area contributed by atoms with Crippen LogP contribution in [0.5, 0.6) is 5.75 Å². The molecule has 0 spiro atoms. The largest absolute Gasteiger partial charge is 0.494 e. The first-order chi connectivity index (χ1) is 15.0. The number of methoxy groups -OCH3 is 1. The monoisotopic (exact) mass is 426 g/mol. The van der Waals surface area contributed by atoms with Crippen LogP contribution in [0.15, 0.2) is 57.9 Å². The third-order valence-corrected chi connectivity index (χ3v) is 4.98. The molecule has 1 fully saturated rings. The molecule has 3 heterocycles. The molecule has 0 unspecified atom stereocenters. The molecule has 3 aromatic rings. The molecule has 0 N–H and O–H groups in total. The molecule has 1 saturated heterocycles. The van der Waals surface area contributed by atoms with E-state index >= 15 is 0 Å². The Morgan fingerprint density at radius 2 is 1.68 bits per heavy atom. The van der Waals surface area contributed by atoms with Gasteiger partial charge in [-0.1, -0.05) is 0 Å². The third kappa shape index (κ3) is 4.04. The van der Waals surface area contributed by atoms with Crippen LogP contribution in [0.1, 0.15) is 21.0 Å². The molecule has 2 amide bonds. The van der Waals surface area contributed by atoms with Gasteiger partial charge in [0.15, 0.2) is 17.2 Å². The van der Waals surface area contributed by atoms with Gasteiger partial charge >= 0.3 is 0 Å². The van der Waals surface area contributed by atoms with Gasteiger partial charge in [0.05, 0.1) is 25.1 Å². The number of hydrogen-bond acceptors (Lipinski definition) is 6. The SMILES string of the molecule is COc1cc(=O)n(-c2ccc(F)cc2)nc1C(=O)N1CCN(C(=O)c2ccco2)CC1. The summed E-state index contributed by atoms with van der Waals surface area (Å²) in [5.41, 5.74) is -0.247. The maximum absolute atomic E-state index is 13.2. The molecule has 0 radical (unpaired) electrons. The lowest BCUT2D eigenvalue weighted by molar-refractivity contribution is 0.0512. The number of halogens is 1. The van der Waals surface area contributed by atoms with Gasteiger partial charge in [0, 0.05) is 26.2 Å². The average Bonchev–Trinajstić information content (AvgIpc) is 3.34. The van der Waals surface area contributed by atoms with Crippen LogP contribution in [0.2, 0.25) is 0 Å². The number of aromatic nitrogens is 2. The number of benzene rings is 1. The van der Waals surface area contributed by atoms with Crippen molar-refractivity contribution in [2.24, 2.45) is 0 Å². The van der Waals surface area contributed by atoms with Crippen LogP contribution in [0.25, 0.3) is 5.69 Å². The number of piperazine rings is 1. The zero-order valence-corrected chi connectivity index (χ0v) is 16.7. The van der Waals surface area contributed by atoms with Gasteiger partial charge in [-0.15, -0.1) is 0 Å². The van der Waals surface area contributed by atoms with Crippen LogP contribution in [-0.4, -0.2) is 64.7 Å². The second kappa shape index (κ2) is 8.42. The fraction of sp³-hybridized carbons (Fsp3) is 0.238. The minimum absolute atomic E-state index is 0.0439. The van der Waals surface area contributed by atoms with E-state index in [2.05, 4.69) is 5.10 Å². The maximum atomic E-state index is 13.2. The van der Waals surface area contributed by atoms with Gasteiger partial charge in [0.25, 0.3) is 17.4 Å². The number of nitrogens with zero attached hydrogens (tertiary/aromatic N) is 4. The molecule has 0 aliphatic carbocycles. The number of hydrogen-bond donors (Lipinski definition) is 0. The topological polar surface area (TPSA) is 97.9 Å². The fourth-order valence-electron chi connectivity index (χ4n) is 3.33. The van der Waals surface area contributed by atoms with Gasteiger partial charge < -0.3 is 19.0 Å². The Morgan fingerprint density at radius 3 is 2.26 bits per heavy atom. The molecule has 0 bridgehead atoms. The first-order valence-corrected chi connectivity index (χ1v) is 9.54. The van der Waals surface area contributed by atoms with Crippen molar-refractivity contribution in [3.8, 4) is 11.4 Å². The minimum Gasteiger partial charge on any atom is -0.494 e. The van der Waals surface area contributed by atoms with Gasteiger partial charge in [0.1, 0.15) is 5.82 Å². The van der Waals surface area contributed by atoms with E-state index in [9.17, 15) is 18.8 Å². The van der Waals surface area contributed by atoms with E-state index < -0.39 is 17.3 Å². The van der Waals surface area contributed by atoms with Gasteiger partial charge in [-0.05, 0) is 36.4 Å². The highest BCUT2D eigenvalue weighted by Crippen LogP contribution is 2.18. The number of carbonyl (C=O) groups excluding carboxylic acids is 2. The number of furan rings is 1. The van der Waals surface area contributed by atoms with Crippen molar-refractivity contribution in [3.63, 3.8) is 0 Å². The lowest BCUT2D eigenvalue weighted by atomic mass is 10.2. The van der Waals surface area contributed by atoms with Crippen molar-refractivity contribution in [1.82, 2.24) is 19.6 Å². The van der Waals surface area contributed by atoms with Crippen molar-refractivity contribution >= 4 is 11.8 Å². The Morgan fingerprint density at radius 1 is 1.03 bits per heavy atom. The molecule has 4 rings (SSSR count). The number of amides is 2. The molecule has 160 valence electrons. The first-order valence-electron chi connectivity index (χ1n) is 9.54. The second-order valence-electron chi connectivity index (χ2n) is 6.85. The maximum Gasteiger partial charge on any atom is 0.289 e. The smallest absolute Gasteiger partial charge is 0.289 e. The lowest BCUT2D eigenvalue weighted by Gasteiger charge is -2.34. The minimum atomic E-state index is -0.520. The van der Waals surface area contributed by atoms with Crippen LogP contribution in [0, 0.1) is 5.82 Å². The Hall–Kier alpha value is -3.95. The number of carbonyl (C=O) groups is 2. The molecule has 1 aliphatic rings. The molecule has 1 aliphatic heterocycles. The Bertz CT molecular complexity index is 1150. The van der Waals surface area contributed by atoms with Gasteiger partial charge in [-0.2, -0.15) is 9.78 Å². The highest BCUT2D eigenvalue weighted by atomic mass is 19.1. The molecule has 1 aromatic carbocycles. The van der Waals surface area contributed by atoms with Crippen LogP contribution in [0.3, 0.4) is 0 Å². The summed E-state index contributed by atoms with van der Waals surface area (Å²) in [5.74, 6) is -0.837. The van der Waals surface area contributed by atoms with Gasteiger partial charge in [-0.3, -0.25) is 14.4 Å². The predicted molar refractivity (Wildman–Crippen MR) is 107 cm³/mol. The Balaban J connectivity index is 1.55. The molecule has 31 heavy (non-hydrogen) atoms. The van der Waals surface area contributed by atoms with Gasteiger partial charge in [0.2, 0.25) is 0 Å². The first kappa shape index (κ1) is 20.3. The van der Waals surface area contributed by atoms with Crippen LogP contribution >= 0.6 is 0 Å². The Labute approximate surface area is 176 Å². The number of ether oxygens (including phenoxy) is 1. The van der Waals surface area contributed by atoms with Crippen molar-refractivity contribution in [2.75, 3.05) is 33.3 Å². The van der Waals surface area contributed by atoms with Gasteiger partial charge in [-0.25, -0.2) is 4.39 Å². The quantitative estimate of drug-likeness (QED) is 0.628. The highest BCUT2D eigenvalue weighted by Gasteiger charge is 2.29. The van der Waals surface area contributed by atoms with E-state index in [-0.39, 0.29) is 36.2 Å². The highest BCUT2D eigenvalue weighted by molar-refractivity contribution is 5.95. The van der Waals surface area contributed by atoms with Crippen molar-refractivity contribution in [1.29, 1.82) is 0 Å². The Kier molecular flexibility index (Phi) is 5.52. The van der Waals surface area contributed by atoms with Crippen LogP contribution in [-0.2, 0) is 0 Å². The summed E-state index contributed by atoms with van der Waals surface area (Å²) in [7, 11) is 1.34. The fourth-order valence-corrected chi connectivity index (χ4v) is 3.33. The standard InChI is InChI=1S/C21H19FN4O5/c1-30-17-13-18(27)26(15-6-4-14(22)5-7-15)23-19(17)21(29)25-10-8-24(9-11-25)20(28)16-3-2-12-31-16/h2-7,12-13H,8-11H2,1H3.